The number of carbonyl (C=O) groups excluding carboxylic acids is 2. The van der Waals surface area contributed by atoms with Crippen LogP contribution in [0.2, 0.25) is 0 Å². The number of rotatable bonds is 4. The van der Waals surface area contributed by atoms with Crippen LogP contribution in [0.4, 0.5) is 5.13 Å². The fraction of sp³-hybridized carbons (Fsp3) is 0.545. The van der Waals surface area contributed by atoms with E-state index in [2.05, 4.69) is 20.6 Å². The van der Waals surface area contributed by atoms with E-state index in [0.717, 1.165) is 36.3 Å². The predicted molar refractivity (Wildman–Crippen MR) is 112 cm³/mol. The average Bonchev–Trinajstić information content (AvgIpc) is 2.98. The summed E-state index contributed by atoms with van der Waals surface area (Å²) in [5.74, 6) is 0.933. The van der Waals surface area contributed by atoms with Gasteiger partial charge in [-0.2, -0.15) is 0 Å². The lowest BCUT2D eigenvalue weighted by Gasteiger charge is -2.61. The van der Waals surface area contributed by atoms with Gasteiger partial charge in [0.05, 0.1) is 11.1 Å². The summed E-state index contributed by atoms with van der Waals surface area (Å²) in [5, 5.41) is 7.10. The van der Waals surface area contributed by atoms with Crippen LogP contribution >= 0.6 is 11.3 Å². The lowest BCUT2D eigenvalue weighted by atomic mass is 9.46. The van der Waals surface area contributed by atoms with Crippen LogP contribution in [0, 0.1) is 31.1 Å². The minimum Gasteiger partial charge on any atom is -0.345 e. The molecular weight excluding hydrogens is 384 g/mol. The second-order valence-corrected chi connectivity index (χ2v) is 10.5. The van der Waals surface area contributed by atoms with E-state index in [9.17, 15) is 9.59 Å². The maximum atomic E-state index is 13.4. The lowest BCUT2D eigenvalue weighted by molar-refractivity contribution is -0.144. The van der Waals surface area contributed by atoms with Crippen molar-refractivity contribution in [1.29, 1.82) is 0 Å². The minimum atomic E-state index is -0.408. The van der Waals surface area contributed by atoms with Gasteiger partial charge < -0.3 is 10.6 Å². The molecule has 2 heterocycles. The maximum Gasteiger partial charge on any atom is 0.270 e. The first-order valence-electron chi connectivity index (χ1n) is 10.4. The molecule has 2 aromatic heterocycles. The number of hydrogen-bond donors (Lipinski definition) is 2. The Bertz CT molecular complexity index is 937. The second-order valence-electron chi connectivity index (χ2n) is 9.31. The van der Waals surface area contributed by atoms with E-state index < -0.39 is 5.41 Å². The molecule has 4 aliphatic rings. The van der Waals surface area contributed by atoms with Gasteiger partial charge in [-0.15, -0.1) is 11.3 Å². The molecule has 0 aromatic carbocycles. The van der Waals surface area contributed by atoms with Crippen molar-refractivity contribution in [2.24, 2.45) is 17.3 Å². The third-order valence-corrected chi connectivity index (χ3v) is 8.06. The van der Waals surface area contributed by atoms with Crippen LogP contribution < -0.4 is 10.6 Å². The first kappa shape index (κ1) is 18.7. The molecule has 6 rings (SSSR count). The Balaban J connectivity index is 1.39. The van der Waals surface area contributed by atoms with E-state index in [1.165, 1.54) is 17.8 Å². The molecule has 2 N–H and O–H groups in total. The highest BCUT2D eigenvalue weighted by Crippen LogP contribution is 2.62. The molecule has 0 aliphatic heterocycles. The van der Waals surface area contributed by atoms with Gasteiger partial charge in [0.1, 0.15) is 5.69 Å². The van der Waals surface area contributed by atoms with E-state index in [0.29, 0.717) is 29.1 Å². The summed E-state index contributed by atoms with van der Waals surface area (Å²) in [6.07, 6.45) is 7.28. The standard InChI is InChI=1S/C22H26N4O2S/c1-13-14(2)29-20(24-13)25-19(28)21-8-15-7-16(9-21)11-22(10-15,12-21)26-18(27)17-5-3-4-6-23-17/h3-6,15-16H,7-12H2,1-2H3,(H,26,27)(H,24,25,28). The number of aryl methyl sites for hydroxylation is 2. The van der Waals surface area contributed by atoms with Gasteiger partial charge in [-0.1, -0.05) is 6.07 Å². The molecule has 0 spiro atoms. The van der Waals surface area contributed by atoms with Crippen molar-refractivity contribution < 1.29 is 9.59 Å². The summed E-state index contributed by atoms with van der Waals surface area (Å²) < 4.78 is 0. The minimum absolute atomic E-state index is 0.0804. The fourth-order valence-electron chi connectivity index (χ4n) is 6.23. The number of amides is 2. The van der Waals surface area contributed by atoms with Crippen LogP contribution in [-0.2, 0) is 4.79 Å². The summed E-state index contributed by atoms with van der Waals surface area (Å²) in [6, 6.07) is 5.38. The van der Waals surface area contributed by atoms with Crippen LogP contribution in [0.15, 0.2) is 24.4 Å². The number of nitrogens with zero attached hydrogens (tertiary/aromatic N) is 2. The van der Waals surface area contributed by atoms with Gasteiger partial charge in [0.25, 0.3) is 5.91 Å². The Hall–Kier alpha value is -2.28. The molecule has 152 valence electrons. The van der Waals surface area contributed by atoms with Crippen molar-refractivity contribution in [1.82, 2.24) is 15.3 Å². The third-order valence-electron chi connectivity index (χ3n) is 7.07. The highest BCUT2D eigenvalue weighted by Gasteiger charge is 2.61. The van der Waals surface area contributed by atoms with Gasteiger partial charge in [0.2, 0.25) is 5.91 Å². The number of carbonyl (C=O) groups is 2. The zero-order chi connectivity index (χ0) is 20.2. The molecular formula is C22H26N4O2S. The van der Waals surface area contributed by atoms with Crippen molar-refractivity contribution in [3.63, 3.8) is 0 Å². The summed E-state index contributed by atoms with van der Waals surface area (Å²) in [7, 11) is 0. The van der Waals surface area contributed by atoms with Gasteiger partial charge in [0.15, 0.2) is 5.13 Å². The first-order chi connectivity index (χ1) is 13.9. The SMILES string of the molecule is Cc1nc(NC(=O)C23CC4CC(CC(NC(=O)c5ccccn5)(C4)C2)C3)sc1C. The van der Waals surface area contributed by atoms with Gasteiger partial charge in [-0.25, -0.2) is 4.98 Å². The first-order valence-corrected chi connectivity index (χ1v) is 11.2. The number of thiazole rings is 1. The van der Waals surface area contributed by atoms with Crippen molar-refractivity contribution >= 4 is 28.3 Å². The van der Waals surface area contributed by atoms with Crippen LogP contribution in [-0.4, -0.2) is 27.3 Å². The zero-order valence-corrected chi connectivity index (χ0v) is 17.6. The fourth-order valence-corrected chi connectivity index (χ4v) is 7.04. The molecule has 4 saturated carbocycles. The molecule has 4 aliphatic carbocycles. The van der Waals surface area contributed by atoms with E-state index in [-0.39, 0.29) is 17.4 Å². The summed E-state index contributed by atoms with van der Waals surface area (Å²) in [4.78, 5) is 36.1. The predicted octanol–water partition coefficient (Wildman–Crippen LogP) is 3.86. The number of aromatic nitrogens is 2. The lowest BCUT2D eigenvalue weighted by Crippen LogP contribution is -2.65. The molecule has 4 bridgehead atoms. The Labute approximate surface area is 174 Å². The average molecular weight is 411 g/mol. The van der Waals surface area contributed by atoms with Gasteiger partial charge >= 0.3 is 0 Å². The Morgan fingerprint density at radius 3 is 2.52 bits per heavy atom. The summed E-state index contributed by atoms with van der Waals surface area (Å²) >= 11 is 1.53. The molecule has 2 aromatic rings. The van der Waals surface area contributed by atoms with Crippen LogP contribution in [0.3, 0.4) is 0 Å². The van der Waals surface area contributed by atoms with Crippen LogP contribution in [0.1, 0.15) is 59.6 Å². The van der Waals surface area contributed by atoms with Crippen molar-refractivity contribution in [2.75, 3.05) is 5.32 Å². The maximum absolute atomic E-state index is 13.4. The van der Waals surface area contributed by atoms with Crippen molar-refractivity contribution in [3.8, 4) is 0 Å². The molecule has 7 heteroatoms. The smallest absolute Gasteiger partial charge is 0.270 e. The summed E-state index contributed by atoms with van der Waals surface area (Å²) in [6.45, 7) is 3.99. The van der Waals surface area contributed by atoms with Crippen molar-refractivity contribution in [3.05, 3.63) is 40.7 Å². The quantitative estimate of drug-likeness (QED) is 0.802. The molecule has 2 unspecified atom stereocenters. The highest BCUT2D eigenvalue weighted by atomic mass is 32.1. The molecule has 2 atom stereocenters. The topological polar surface area (TPSA) is 84.0 Å². The molecule has 4 fully saturated rings. The van der Waals surface area contributed by atoms with Crippen LogP contribution in [0.5, 0.6) is 0 Å². The third kappa shape index (κ3) is 3.25. The number of hydrogen-bond acceptors (Lipinski definition) is 5. The normalized spacial score (nSPS) is 32.2. The molecule has 0 radical (unpaired) electrons. The Kier molecular flexibility index (Phi) is 4.28. The largest absolute Gasteiger partial charge is 0.345 e. The van der Waals surface area contributed by atoms with E-state index in [1.54, 1.807) is 12.3 Å². The molecule has 2 amide bonds. The number of nitrogens with one attached hydrogen (secondary N) is 2. The van der Waals surface area contributed by atoms with Gasteiger partial charge in [-0.3, -0.25) is 14.6 Å². The Morgan fingerprint density at radius 2 is 1.90 bits per heavy atom. The van der Waals surface area contributed by atoms with Gasteiger partial charge in [0, 0.05) is 16.6 Å². The van der Waals surface area contributed by atoms with E-state index in [4.69, 9.17) is 0 Å². The number of anilines is 1. The molecule has 6 nitrogen and oxygen atoms in total. The van der Waals surface area contributed by atoms with Crippen LogP contribution in [0.25, 0.3) is 0 Å². The monoisotopic (exact) mass is 410 g/mol. The second kappa shape index (κ2) is 6.62. The highest BCUT2D eigenvalue weighted by molar-refractivity contribution is 7.15. The molecule has 0 saturated heterocycles. The summed E-state index contributed by atoms with van der Waals surface area (Å²) in [5.41, 5.74) is 0.699. The van der Waals surface area contributed by atoms with E-state index >= 15 is 0 Å². The van der Waals surface area contributed by atoms with Crippen molar-refractivity contribution in [2.45, 2.75) is 57.9 Å². The zero-order valence-electron chi connectivity index (χ0n) is 16.8. The van der Waals surface area contributed by atoms with Gasteiger partial charge in [-0.05, 0) is 76.3 Å². The van der Waals surface area contributed by atoms with E-state index in [1.807, 2.05) is 26.0 Å². The molecule has 29 heavy (non-hydrogen) atoms. The number of pyridine rings is 1. The Morgan fingerprint density at radius 1 is 1.14 bits per heavy atom.